The summed E-state index contributed by atoms with van der Waals surface area (Å²) in [5, 5.41) is 2.79. The highest BCUT2D eigenvalue weighted by Gasteiger charge is 2.10. The summed E-state index contributed by atoms with van der Waals surface area (Å²) in [6.45, 7) is 0.155. The van der Waals surface area contributed by atoms with Gasteiger partial charge in [-0.2, -0.15) is 15.0 Å². The van der Waals surface area contributed by atoms with E-state index in [2.05, 4.69) is 20.3 Å². The fraction of sp³-hybridized carbons (Fsp3) is 0.375. The number of carbonyl (C=O) groups excluding carboxylic acids is 1. The van der Waals surface area contributed by atoms with Crippen LogP contribution in [0.5, 0.6) is 6.01 Å². The first kappa shape index (κ1) is 18.9. The van der Waals surface area contributed by atoms with Gasteiger partial charge in [-0.25, -0.2) is 4.39 Å². The van der Waals surface area contributed by atoms with Gasteiger partial charge in [0.25, 0.3) is 0 Å². The van der Waals surface area contributed by atoms with Crippen LogP contribution in [0.25, 0.3) is 0 Å². The smallest absolute Gasteiger partial charge is 0.321 e. The van der Waals surface area contributed by atoms with Crippen molar-refractivity contribution >= 4 is 23.5 Å². The van der Waals surface area contributed by atoms with Crippen molar-refractivity contribution in [2.24, 2.45) is 0 Å². The molecule has 134 valence electrons. The van der Waals surface area contributed by atoms with Gasteiger partial charge >= 0.3 is 6.01 Å². The zero-order valence-corrected chi connectivity index (χ0v) is 15.0. The Morgan fingerprint density at radius 3 is 2.72 bits per heavy atom. The van der Waals surface area contributed by atoms with Crippen molar-refractivity contribution in [2.45, 2.75) is 19.4 Å². The Balaban J connectivity index is 1.91. The number of benzene rings is 1. The minimum absolute atomic E-state index is 0.0476. The second kappa shape index (κ2) is 8.57. The number of nitrogens with zero attached hydrogens (tertiary/aromatic N) is 4. The molecule has 0 aliphatic carbocycles. The first-order chi connectivity index (χ1) is 11.9. The molecule has 1 aromatic heterocycles. The van der Waals surface area contributed by atoms with E-state index < -0.39 is 5.82 Å². The Morgan fingerprint density at radius 1 is 1.32 bits per heavy atom. The fourth-order valence-corrected chi connectivity index (χ4v) is 2.18. The van der Waals surface area contributed by atoms with Gasteiger partial charge in [0.1, 0.15) is 5.82 Å². The van der Waals surface area contributed by atoms with Crippen molar-refractivity contribution < 1.29 is 13.9 Å². The largest absolute Gasteiger partial charge is 0.467 e. The first-order valence-corrected chi connectivity index (χ1v) is 7.93. The summed E-state index contributed by atoms with van der Waals surface area (Å²) in [6.07, 6.45) is 0.694. The molecule has 1 heterocycles. The summed E-state index contributed by atoms with van der Waals surface area (Å²) in [5.74, 6) is 0.187. The van der Waals surface area contributed by atoms with Crippen molar-refractivity contribution in [2.75, 3.05) is 26.1 Å². The molecule has 1 amide bonds. The molecule has 0 spiro atoms. The average molecular weight is 368 g/mol. The standard InChI is InChI=1S/C16H19ClFN5O2/c1-23(2)15-20-13(21-16(22-15)25-3)9-19-14(24)7-5-10-4-6-12(18)11(17)8-10/h4,6,8H,5,7,9H2,1-3H3,(H,19,24). The lowest BCUT2D eigenvalue weighted by molar-refractivity contribution is -0.121. The molecule has 0 aliphatic rings. The predicted molar refractivity (Wildman–Crippen MR) is 92.3 cm³/mol. The molecular weight excluding hydrogens is 349 g/mol. The van der Waals surface area contributed by atoms with Gasteiger partial charge in [-0.05, 0) is 24.1 Å². The predicted octanol–water partition coefficient (Wildman–Crippen LogP) is 1.99. The van der Waals surface area contributed by atoms with Gasteiger partial charge in [-0.15, -0.1) is 0 Å². The van der Waals surface area contributed by atoms with E-state index in [9.17, 15) is 9.18 Å². The van der Waals surface area contributed by atoms with Gasteiger partial charge in [-0.3, -0.25) is 4.79 Å². The van der Waals surface area contributed by atoms with Crippen molar-refractivity contribution in [3.63, 3.8) is 0 Å². The van der Waals surface area contributed by atoms with Crippen LogP contribution < -0.4 is 15.0 Å². The molecule has 0 radical (unpaired) electrons. The lowest BCUT2D eigenvalue weighted by Crippen LogP contribution is -2.25. The van der Waals surface area contributed by atoms with Crippen LogP contribution in [0.2, 0.25) is 5.02 Å². The molecule has 2 aromatic rings. The molecule has 1 aromatic carbocycles. The number of hydrogen-bond acceptors (Lipinski definition) is 6. The van der Waals surface area contributed by atoms with Gasteiger partial charge in [-0.1, -0.05) is 17.7 Å². The van der Waals surface area contributed by atoms with E-state index in [4.69, 9.17) is 16.3 Å². The van der Waals surface area contributed by atoms with Gasteiger partial charge in [0.05, 0.1) is 18.7 Å². The van der Waals surface area contributed by atoms with Crippen LogP contribution in [0.1, 0.15) is 17.8 Å². The van der Waals surface area contributed by atoms with Crippen molar-refractivity contribution in [1.29, 1.82) is 0 Å². The highest BCUT2D eigenvalue weighted by atomic mass is 35.5. The third-order valence-corrected chi connectivity index (χ3v) is 3.59. The molecule has 0 unspecified atom stereocenters. The lowest BCUT2D eigenvalue weighted by atomic mass is 10.1. The van der Waals surface area contributed by atoms with E-state index in [1.165, 1.54) is 19.2 Å². The first-order valence-electron chi connectivity index (χ1n) is 7.56. The molecule has 0 atom stereocenters. The normalized spacial score (nSPS) is 10.4. The zero-order chi connectivity index (χ0) is 18.4. The van der Waals surface area contributed by atoms with Crippen LogP contribution in [0.4, 0.5) is 10.3 Å². The molecule has 1 N–H and O–H groups in total. The maximum absolute atomic E-state index is 13.1. The second-order valence-corrected chi connectivity index (χ2v) is 5.87. The topological polar surface area (TPSA) is 80.2 Å². The summed E-state index contributed by atoms with van der Waals surface area (Å²) >= 11 is 5.73. The van der Waals surface area contributed by atoms with Crippen molar-refractivity contribution in [3.05, 3.63) is 40.4 Å². The summed E-state index contributed by atoms with van der Waals surface area (Å²) in [4.78, 5) is 26.1. The highest BCUT2D eigenvalue weighted by molar-refractivity contribution is 6.30. The van der Waals surface area contributed by atoms with Crippen molar-refractivity contribution in [3.8, 4) is 6.01 Å². The van der Waals surface area contributed by atoms with Gasteiger partial charge in [0.15, 0.2) is 5.82 Å². The number of halogens is 2. The number of anilines is 1. The van der Waals surface area contributed by atoms with Gasteiger partial charge in [0, 0.05) is 20.5 Å². The van der Waals surface area contributed by atoms with E-state index in [1.807, 2.05) is 0 Å². The van der Waals surface area contributed by atoms with Crippen LogP contribution in [0, 0.1) is 5.82 Å². The highest BCUT2D eigenvalue weighted by Crippen LogP contribution is 2.17. The Bertz CT molecular complexity index is 757. The molecule has 7 nitrogen and oxygen atoms in total. The lowest BCUT2D eigenvalue weighted by Gasteiger charge is -2.12. The quantitative estimate of drug-likeness (QED) is 0.806. The molecule has 0 aliphatic heterocycles. The third-order valence-electron chi connectivity index (χ3n) is 3.30. The average Bonchev–Trinajstić information content (AvgIpc) is 2.60. The maximum Gasteiger partial charge on any atom is 0.321 e. The summed E-state index contributed by atoms with van der Waals surface area (Å²) in [7, 11) is 5.06. The molecule has 0 saturated heterocycles. The number of hydrogen-bond donors (Lipinski definition) is 1. The molecule has 9 heteroatoms. The number of ether oxygens (including phenoxy) is 1. The molecule has 0 fully saturated rings. The number of aromatic nitrogens is 3. The number of methoxy groups -OCH3 is 1. The second-order valence-electron chi connectivity index (χ2n) is 5.46. The summed E-state index contributed by atoms with van der Waals surface area (Å²) < 4.78 is 18.1. The van der Waals surface area contributed by atoms with Crippen LogP contribution in [-0.2, 0) is 17.8 Å². The Labute approximate surface area is 150 Å². The van der Waals surface area contributed by atoms with E-state index in [1.54, 1.807) is 25.1 Å². The molecular formula is C16H19ClFN5O2. The van der Waals surface area contributed by atoms with E-state index >= 15 is 0 Å². The maximum atomic E-state index is 13.1. The number of nitrogens with one attached hydrogen (secondary N) is 1. The monoisotopic (exact) mass is 367 g/mol. The molecule has 25 heavy (non-hydrogen) atoms. The van der Waals surface area contributed by atoms with Gasteiger partial charge < -0.3 is 15.0 Å². The molecule has 0 bridgehead atoms. The summed E-state index contributed by atoms with van der Waals surface area (Å²) in [5.41, 5.74) is 0.790. The SMILES string of the molecule is COc1nc(CNC(=O)CCc2ccc(F)c(Cl)c2)nc(N(C)C)n1. The Kier molecular flexibility index (Phi) is 6.46. The number of carbonyl (C=O) groups is 1. The Hall–Kier alpha value is -2.48. The minimum atomic E-state index is -0.477. The van der Waals surface area contributed by atoms with Crippen LogP contribution in [0.15, 0.2) is 18.2 Å². The van der Waals surface area contributed by atoms with Crippen LogP contribution in [0.3, 0.4) is 0 Å². The van der Waals surface area contributed by atoms with E-state index in [0.717, 1.165) is 5.56 Å². The Morgan fingerprint density at radius 2 is 2.08 bits per heavy atom. The third kappa shape index (κ3) is 5.53. The van der Waals surface area contributed by atoms with Crippen molar-refractivity contribution in [1.82, 2.24) is 20.3 Å². The number of aryl methyl sites for hydroxylation is 1. The summed E-state index contributed by atoms with van der Waals surface area (Å²) in [6, 6.07) is 4.60. The number of amides is 1. The molecule has 2 rings (SSSR count). The zero-order valence-electron chi connectivity index (χ0n) is 14.2. The van der Waals surface area contributed by atoms with E-state index in [-0.39, 0.29) is 29.9 Å². The van der Waals surface area contributed by atoms with E-state index in [0.29, 0.717) is 18.2 Å². The minimum Gasteiger partial charge on any atom is -0.467 e. The van der Waals surface area contributed by atoms with Crippen LogP contribution in [-0.4, -0.2) is 42.1 Å². The fourth-order valence-electron chi connectivity index (χ4n) is 1.98. The molecule has 0 saturated carbocycles. The number of rotatable bonds is 7. The van der Waals surface area contributed by atoms with Gasteiger partial charge in [0.2, 0.25) is 11.9 Å². The van der Waals surface area contributed by atoms with Crippen LogP contribution >= 0.6 is 11.6 Å².